The van der Waals surface area contributed by atoms with E-state index in [9.17, 15) is 9.59 Å². The molecule has 7 nitrogen and oxygen atoms in total. The Morgan fingerprint density at radius 1 is 1.23 bits per heavy atom. The van der Waals surface area contributed by atoms with Gasteiger partial charge >= 0.3 is 5.97 Å². The lowest BCUT2D eigenvalue weighted by Gasteiger charge is -2.34. The van der Waals surface area contributed by atoms with Crippen LogP contribution in [0.2, 0.25) is 0 Å². The van der Waals surface area contributed by atoms with E-state index in [0.717, 1.165) is 5.56 Å². The fraction of sp³-hybridized carbons (Fsp3) is 0.316. The summed E-state index contributed by atoms with van der Waals surface area (Å²) in [5.74, 6) is -0.780. The second-order valence-electron chi connectivity index (χ2n) is 5.98. The Morgan fingerprint density at radius 2 is 2.04 bits per heavy atom. The molecule has 1 aliphatic rings. The van der Waals surface area contributed by atoms with Crippen LogP contribution in [0.15, 0.2) is 48.7 Å². The molecule has 2 aromatic rings. The first kappa shape index (κ1) is 17.9. The number of hydrogen-bond acceptors (Lipinski definition) is 5. The lowest BCUT2D eigenvalue weighted by Crippen LogP contribution is -2.49. The van der Waals surface area contributed by atoms with Gasteiger partial charge in [0.15, 0.2) is 0 Å². The Labute approximate surface area is 151 Å². The van der Waals surface area contributed by atoms with E-state index in [1.54, 1.807) is 17.0 Å². The number of pyridine rings is 1. The molecule has 1 N–H and O–H groups in total. The topological polar surface area (TPSA) is 89.0 Å². The maximum atomic E-state index is 12.7. The van der Waals surface area contributed by atoms with Gasteiger partial charge in [0.1, 0.15) is 6.61 Å². The summed E-state index contributed by atoms with van der Waals surface area (Å²) in [6, 6.07) is 12.5. The Morgan fingerprint density at radius 3 is 2.73 bits per heavy atom. The highest BCUT2D eigenvalue weighted by atomic mass is 16.5. The van der Waals surface area contributed by atoms with Gasteiger partial charge in [0.25, 0.3) is 5.91 Å². The van der Waals surface area contributed by atoms with E-state index in [0.29, 0.717) is 31.2 Å². The number of ether oxygens (including phenoxy) is 2. The largest absolute Gasteiger partial charge is 0.481 e. The van der Waals surface area contributed by atoms with E-state index in [4.69, 9.17) is 14.6 Å². The molecule has 26 heavy (non-hydrogen) atoms. The molecule has 0 radical (unpaired) electrons. The van der Waals surface area contributed by atoms with Gasteiger partial charge in [-0.25, -0.2) is 4.98 Å². The van der Waals surface area contributed by atoms with Crippen LogP contribution in [0.5, 0.6) is 5.88 Å². The molecule has 136 valence electrons. The molecule has 7 heteroatoms. The van der Waals surface area contributed by atoms with Gasteiger partial charge in [-0.15, -0.1) is 0 Å². The molecule has 1 aliphatic heterocycles. The number of carboxylic acids is 1. The van der Waals surface area contributed by atoms with Crippen molar-refractivity contribution in [2.24, 2.45) is 0 Å². The first-order valence-corrected chi connectivity index (χ1v) is 8.37. The van der Waals surface area contributed by atoms with Gasteiger partial charge in [-0.3, -0.25) is 9.59 Å². The molecule has 1 fully saturated rings. The third-order valence-electron chi connectivity index (χ3n) is 4.11. The number of hydrogen-bond donors (Lipinski definition) is 1. The van der Waals surface area contributed by atoms with Crippen molar-refractivity contribution in [1.82, 2.24) is 9.88 Å². The number of carbonyl (C=O) groups is 2. The molecular weight excluding hydrogens is 336 g/mol. The third-order valence-corrected chi connectivity index (χ3v) is 4.11. The summed E-state index contributed by atoms with van der Waals surface area (Å²) in [6.07, 6.45) is 1.31. The van der Waals surface area contributed by atoms with Crippen LogP contribution in [-0.4, -0.2) is 52.7 Å². The van der Waals surface area contributed by atoms with E-state index in [1.807, 2.05) is 30.3 Å². The van der Waals surface area contributed by atoms with Gasteiger partial charge in [-0.1, -0.05) is 30.3 Å². The van der Waals surface area contributed by atoms with Crippen LogP contribution in [0.4, 0.5) is 0 Å². The average Bonchev–Trinajstić information content (AvgIpc) is 2.67. The van der Waals surface area contributed by atoms with Crippen molar-refractivity contribution in [3.63, 3.8) is 0 Å². The van der Waals surface area contributed by atoms with E-state index < -0.39 is 12.0 Å². The van der Waals surface area contributed by atoms with Gasteiger partial charge in [0.2, 0.25) is 5.88 Å². The SMILES string of the molecule is O=C(O)CC1COCCN1C(=O)c1ccc(OCc2ccccc2)nc1. The number of benzene rings is 1. The van der Waals surface area contributed by atoms with Crippen LogP contribution in [0.3, 0.4) is 0 Å². The summed E-state index contributed by atoms with van der Waals surface area (Å²) in [4.78, 5) is 29.4. The second-order valence-corrected chi connectivity index (χ2v) is 5.98. The van der Waals surface area contributed by atoms with Gasteiger partial charge in [0, 0.05) is 18.8 Å². The molecular formula is C19H20N2O5. The van der Waals surface area contributed by atoms with Crippen molar-refractivity contribution in [2.45, 2.75) is 19.1 Å². The summed E-state index contributed by atoms with van der Waals surface area (Å²) in [5.41, 5.74) is 1.42. The molecule has 1 amide bonds. The van der Waals surface area contributed by atoms with Crippen molar-refractivity contribution < 1.29 is 24.2 Å². The molecule has 1 atom stereocenters. The van der Waals surface area contributed by atoms with Crippen LogP contribution in [0, 0.1) is 0 Å². The van der Waals surface area contributed by atoms with Crippen molar-refractivity contribution in [3.05, 3.63) is 59.8 Å². The smallest absolute Gasteiger partial charge is 0.305 e. The summed E-state index contributed by atoms with van der Waals surface area (Å²) >= 11 is 0. The summed E-state index contributed by atoms with van der Waals surface area (Å²) in [7, 11) is 0. The fourth-order valence-corrected chi connectivity index (χ4v) is 2.78. The highest BCUT2D eigenvalue weighted by Gasteiger charge is 2.29. The van der Waals surface area contributed by atoms with Gasteiger partial charge < -0.3 is 19.5 Å². The summed E-state index contributed by atoms with van der Waals surface area (Å²) < 4.78 is 10.9. The fourth-order valence-electron chi connectivity index (χ4n) is 2.78. The van der Waals surface area contributed by atoms with Gasteiger partial charge in [-0.05, 0) is 11.6 Å². The Bertz CT molecular complexity index is 748. The normalized spacial score (nSPS) is 16.9. The number of aliphatic carboxylic acids is 1. The third kappa shape index (κ3) is 4.58. The van der Waals surface area contributed by atoms with Gasteiger partial charge in [-0.2, -0.15) is 0 Å². The van der Waals surface area contributed by atoms with Crippen molar-refractivity contribution in [2.75, 3.05) is 19.8 Å². The number of rotatable bonds is 6. The zero-order valence-electron chi connectivity index (χ0n) is 14.2. The van der Waals surface area contributed by atoms with Gasteiger partial charge in [0.05, 0.1) is 31.2 Å². The van der Waals surface area contributed by atoms with Crippen molar-refractivity contribution in [1.29, 1.82) is 0 Å². The Kier molecular flexibility index (Phi) is 5.80. The molecule has 1 aromatic carbocycles. The predicted molar refractivity (Wildman–Crippen MR) is 92.9 cm³/mol. The average molecular weight is 356 g/mol. The molecule has 1 aromatic heterocycles. The summed E-state index contributed by atoms with van der Waals surface area (Å²) in [6.45, 7) is 1.38. The number of aromatic nitrogens is 1. The molecule has 0 bridgehead atoms. The quantitative estimate of drug-likeness (QED) is 0.851. The minimum atomic E-state index is -0.957. The molecule has 0 spiro atoms. The van der Waals surface area contributed by atoms with Crippen LogP contribution in [0.25, 0.3) is 0 Å². The number of carbonyl (C=O) groups excluding carboxylic acids is 1. The number of carboxylic acid groups (broad SMARTS) is 1. The number of amides is 1. The molecule has 2 heterocycles. The molecule has 0 saturated carbocycles. The second kappa shape index (κ2) is 8.44. The highest BCUT2D eigenvalue weighted by molar-refractivity contribution is 5.94. The predicted octanol–water partition coefficient (Wildman–Crippen LogP) is 1.98. The van der Waals surface area contributed by atoms with Crippen LogP contribution in [-0.2, 0) is 16.1 Å². The molecule has 1 saturated heterocycles. The molecule has 0 aliphatic carbocycles. The van der Waals surface area contributed by atoms with Crippen LogP contribution >= 0.6 is 0 Å². The van der Waals surface area contributed by atoms with Crippen molar-refractivity contribution >= 4 is 11.9 Å². The zero-order valence-corrected chi connectivity index (χ0v) is 14.2. The summed E-state index contributed by atoms with van der Waals surface area (Å²) in [5, 5.41) is 9.00. The van der Waals surface area contributed by atoms with Crippen LogP contribution in [0.1, 0.15) is 22.3 Å². The lowest BCUT2D eigenvalue weighted by atomic mass is 10.1. The lowest BCUT2D eigenvalue weighted by molar-refractivity contribution is -0.139. The first-order valence-electron chi connectivity index (χ1n) is 8.37. The van der Waals surface area contributed by atoms with E-state index in [1.165, 1.54) is 6.20 Å². The minimum Gasteiger partial charge on any atom is -0.481 e. The Balaban J connectivity index is 1.63. The Hall–Kier alpha value is -2.93. The van der Waals surface area contributed by atoms with Crippen molar-refractivity contribution in [3.8, 4) is 5.88 Å². The number of nitrogens with zero attached hydrogens (tertiary/aromatic N) is 2. The van der Waals surface area contributed by atoms with E-state index in [-0.39, 0.29) is 18.9 Å². The molecule has 3 rings (SSSR count). The highest BCUT2D eigenvalue weighted by Crippen LogP contribution is 2.17. The van der Waals surface area contributed by atoms with Crippen LogP contribution < -0.4 is 4.74 Å². The maximum Gasteiger partial charge on any atom is 0.305 e. The monoisotopic (exact) mass is 356 g/mol. The maximum absolute atomic E-state index is 12.7. The zero-order chi connectivity index (χ0) is 18.4. The van der Waals surface area contributed by atoms with E-state index in [2.05, 4.69) is 4.98 Å². The number of morpholine rings is 1. The minimum absolute atomic E-state index is 0.141. The first-order chi connectivity index (χ1) is 12.6. The molecule has 1 unspecified atom stereocenters. The standard InChI is InChI=1S/C19H20N2O5/c22-18(23)10-16-13-25-9-8-21(16)19(24)15-6-7-17(20-11-15)26-12-14-4-2-1-3-5-14/h1-7,11,16H,8-10,12-13H2,(H,22,23). The van der Waals surface area contributed by atoms with E-state index >= 15 is 0 Å².